The Morgan fingerprint density at radius 1 is 0.958 bits per heavy atom. The van der Waals surface area contributed by atoms with E-state index in [0.717, 1.165) is 53.7 Å². The number of aliphatic hydroxyl groups is 1. The maximum atomic E-state index is 11.7. The molecule has 0 saturated heterocycles. The summed E-state index contributed by atoms with van der Waals surface area (Å²) in [7, 11) is -1.61. The zero-order valence-corrected chi connectivity index (χ0v) is 34.0. The van der Waals surface area contributed by atoms with Crippen molar-refractivity contribution in [2.45, 2.75) is 106 Å². The monoisotopic (exact) mass is 839 g/mol. The van der Waals surface area contributed by atoms with Crippen LogP contribution in [0.1, 0.15) is 89.5 Å². The number of benzene rings is 3. The van der Waals surface area contributed by atoms with Crippen molar-refractivity contribution in [3.05, 3.63) is 82.8 Å². The molecular formula is C42H52IrNO3Si-. The van der Waals surface area contributed by atoms with E-state index in [1.165, 1.54) is 49.5 Å². The summed E-state index contributed by atoms with van der Waals surface area (Å²) in [6.45, 7) is 24.2. The Balaban J connectivity index is 0.000000279. The van der Waals surface area contributed by atoms with Gasteiger partial charge in [0.15, 0.2) is 5.78 Å². The molecule has 0 aliphatic heterocycles. The molecule has 0 amide bonds. The van der Waals surface area contributed by atoms with Gasteiger partial charge in [0.1, 0.15) is 5.58 Å². The third-order valence-electron chi connectivity index (χ3n) is 10.4. The molecule has 6 heteroatoms. The van der Waals surface area contributed by atoms with Crippen LogP contribution in [0.4, 0.5) is 0 Å². The average molecular weight is 839 g/mol. The van der Waals surface area contributed by atoms with Gasteiger partial charge in [-0.05, 0) is 70.8 Å². The topological polar surface area (TPSA) is 63.3 Å². The number of carbonyl (C=O) groups is 1. The molecule has 0 spiro atoms. The fraction of sp³-hybridized carbons (Fsp3) is 0.429. The Bertz CT molecular complexity index is 2010. The number of rotatable bonds is 8. The predicted octanol–water partition coefficient (Wildman–Crippen LogP) is 11.3. The number of carbonyl (C=O) groups excluding carboxylic acids is 1. The Labute approximate surface area is 301 Å². The van der Waals surface area contributed by atoms with Crippen LogP contribution < -0.4 is 5.19 Å². The van der Waals surface area contributed by atoms with Crippen LogP contribution in [0.15, 0.2) is 58.8 Å². The normalized spacial score (nSPS) is 13.9. The van der Waals surface area contributed by atoms with Gasteiger partial charge in [-0.25, -0.2) is 0 Å². The number of hydrogen-bond acceptors (Lipinski definition) is 4. The molecule has 1 aliphatic rings. The maximum absolute atomic E-state index is 11.7. The number of hydrogen-bond donors (Lipinski definition) is 1. The molecule has 2 heterocycles. The van der Waals surface area contributed by atoms with E-state index in [0.29, 0.717) is 0 Å². The van der Waals surface area contributed by atoms with Gasteiger partial charge >= 0.3 is 0 Å². The van der Waals surface area contributed by atoms with E-state index in [4.69, 9.17) is 9.40 Å². The van der Waals surface area contributed by atoms with Gasteiger partial charge in [-0.3, -0.25) is 4.79 Å². The summed E-state index contributed by atoms with van der Waals surface area (Å²) in [5.41, 5.74) is 8.94. The van der Waals surface area contributed by atoms with Crippen LogP contribution in [0, 0.1) is 31.7 Å². The summed E-state index contributed by atoms with van der Waals surface area (Å²) in [6, 6.07) is 17.1. The van der Waals surface area contributed by atoms with Gasteiger partial charge in [-0.1, -0.05) is 115 Å². The number of ketones is 1. The molecule has 5 aromatic rings. The average Bonchev–Trinajstić information content (AvgIpc) is 3.39. The maximum Gasteiger partial charge on any atom is 0.162 e. The van der Waals surface area contributed by atoms with Crippen molar-refractivity contribution in [3.8, 4) is 11.3 Å². The van der Waals surface area contributed by atoms with E-state index in [2.05, 4.69) is 89.8 Å². The molecule has 0 bridgehead atoms. The minimum absolute atomic E-state index is 0. The molecular weight excluding hydrogens is 787 g/mol. The van der Waals surface area contributed by atoms with Crippen LogP contribution in [-0.4, -0.2) is 23.9 Å². The second kappa shape index (κ2) is 14.4. The number of aliphatic hydroxyl groups excluding tert-OH is 1. The number of furan rings is 1. The van der Waals surface area contributed by atoms with E-state index in [1.54, 1.807) is 0 Å². The second-order valence-corrected chi connectivity index (χ2v) is 20.0. The van der Waals surface area contributed by atoms with Crippen molar-refractivity contribution in [1.82, 2.24) is 4.98 Å². The number of nitrogens with zero attached hydrogens (tertiary/aromatic N) is 1. The number of allylic oxidation sites excluding steroid dienone is 2. The molecule has 6 rings (SSSR count). The van der Waals surface area contributed by atoms with Gasteiger partial charge in [-0.2, -0.15) is 0 Å². The predicted molar refractivity (Wildman–Crippen MR) is 202 cm³/mol. The molecule has 1 N–H and O–H groups in total. The molecule has 48 heavy (non-hydrogen) atoms. The summed E-state index contributed by atoms with van der Waals surface area (Å²) in [4.78, 5) is 16.8. The van der Waals surface area contributed by atoms with E-state index in [1.807, 2.05) is 33.9 Å². The minimum atomic E-state index is -1.61. The summed E-state index contributed by atoms with van der Waals surface area (Å²) >= 11 is 0. The molecule has 3 aromatic carbocycles. The summed E-state index contributed by atoms with van der Waals surface area (Å²) in [5, 5.41) is 16.1. The first-order valence-corrected chi connectivity index (χ1v) is 20.9. The summed E-state index contributed by atoms with van der Waals surface area (Å²) in [5.74, 6) is 0.547. The van der Waals surface area contributed by atoms with Crippen LogP contribution in [0.2, 0.25) is 19.6 Å². The molecule has 0 atom stereocenters. The first-order valence-electron chi connectivity index (χ1n) is 17.4. The zero-order valence-electron chi connectivity index (χ0n) is 30.6. The van der Waals surface area contributed by atoms with Crippen molar-refractivity contribution in [1.29, 1.82) is 0 Å². The summed E-state index contributed by atoms with van der Waals surface area (Å²) < 4.78 is 6.70. The molecule has 2 aromatic heterocycles. The van der Waals surface area contributed by atoms with Crippen molar-refractivity contribution in [2.75, 3.05) is 0 Å². The first kappa shape index (κ1) is 37.8. The quantitative estimate of drug-likeness (QED) is 0.0732. The van der Waals surface area contributed by atoms with E-state index in [-0.39, 0.29) is 48.9 Å². The van der Waals surface area contributed by atoms with Crippen LogP contribution in [-0.2, 0) is 30.3 Å². The Morgan fingerprint density at radius 3 is 2.21 bits per heavy atom. The fourth-order valence-corrected chi connectivity index (χ4v) is 8.84. The van der Waals surface area contributed by atoms with Gasteiger partial charge in [0.2, 0.25) is 0 Å². The fourth-order valence-electron chi connectivity index (χ4n) is 7.40. The van der Waals surface area contributed by atoms with E-state index < -0.39 is 8.07 Å². The van der Waals surface area contributed by atoms with Gasteiger partial charge in [0.25, 0.3) is 0 Å². The number of aromatic nitrogens is 1. The Kier molecular flexibility index (Phi) is 11.4. The molecule has 257 valence electrons. The Morgan fingerprint density at radius 2 is 1.60 bits per heavy atom. The number of pyridine rings is 1. The van der Waals surface area contributed by atoms with E-state index in [9.17, 15) is 9.90 Å². The molecule has 1 aliphatic carbocycles. The van der Waals surface area contributed by atoms with Crippen LogP contribution >= 0.6 is 0 Å². The van der Waals surface area contributed by atoms with Crippen LogP contribution in [0.3, 0.4) is 0 Å². The zero-order chi connectivity index (χ0) is 34.4. The SMILES string of the molecule is CCC(CC)C(=O)/C=C(\O)C(CC)CC.Cc1ccc2cnc3c(c2c1)C(C)(C)c1ccc([Si](C)(C)C)c2oc4c(C)c[c-]c-3c4c12.[Ir]. The van der Waals surface area contributed by atoms with Gasteiger partial charge in [0.05, 0.1) is 19.4 Å². The largest absolute Gasteiger partial charge is 0.512 e. The van der Waals surface area contributed by atoms with Gasteiger partial charge < -0.3 is 14.5 Å². The van der Waals surface area contributed by atoms with Crippen LogP contribution in [0.5, 0.6) is 0 Å². The van der Waals surface area contributed by atoms with Crippen LogP contribution in [0.25, 0.3) is 44.0 Å². The number of fused-ring (bicyclic) bond motifs is 4. The van der Waals surface area contributed by atoms with Crippen molar-refractivity contribution >= 4 is 51.8 Å². The third kappa shape index (κ3) is 6.61. The van der Waals surface area contributed by atoms with Crippen molar-refractivity contribution in [2.24, 2.45) is 11.8 Å². The van der Waals surface area contributed by atoms with Crippen molar-refractivity contribution < 1.29 is 34.4 Å². The Hall–Kier alpha value is -3.05. The second-order valence-electron chi connectivity index (χ2n) is 15.0. The molecule has 0 unspecified atom stereocenters. The molecule has 1 radical (unpaired) electrons. The molecule has 0 fully saturated rings. The molecule has 4 nitrogen and oxygen atoms in total. The standard InChI is InChI=1S/C29H28NOSi.C13H24O2.Ir/c1-16-8-10-18-15-30-26-19-11-9-17(2)27-23(19)24-21(29(3,4)25(26)20(18)14-16)12-13-22(28(24)31-27)32(5,6)7;1-5-10(6-2)12(14)9-13(15)11(7-3)8-4;/h8-10,12-15H,1-7H3;9-11,14H,5-8H2,1-4H3;/q-1;;/b;12-9-;. The molecule has 0 saturated carbocycles. The van der Waals surface area contributed by atoms with E-state index >= 15 is 0 Å². The third-order valence-corrected chi connectivity index (χ3v) is 12.4. The van der Waals surface area contributed by atoms with Gasteiger partial charge in [0, 0.05) is 49.6 Å². The smallest absolute Gasteiger partial charge is 0.162 e. The first-order chi connectivity index (χ1) is 22.2. The number of aryl methyl sites for hydroxylation is 2. The summed E-state index contributed by atoms with van der Waals surface area (Å²) in [6.07, 6.45) is 6.92. The van der Waals surface area contributed by atoms with Crippen molar-refractivity contribution in [3.63, 3.8) is 0 Å². The minimum Gasteiger partial charge on any atom is -0.512 e. The van der Waals surface area contributed by atoms with Gasteiger partial charge in [-0.15, -0.1) is 17.7 Å².